The van der Waals surface area contributed by atoms with Crippen LogP contribution in [0.25, 0.3) is 0 Å². The summed E-state index contributed by atoms with van der Waals surface area (Å²) in [4.78, 5) is 24.1. The van der Waals surface area contributed by atoms with Crippen LogP contribution in [-0.4, -0.2) is 31.8 Å². The Kier molecular flexibility index (Phi) is 4.60. The number of fused-ring (bicyclic) bond motifs is 2. The molecular weight excluding hydrogens is 260 g/mol. The van der Waals surface area contributed by atoms with Crippen LogP contribution in [0.2, 0.25) is 0 Å². The number of ether oxygens (including phenoxy) is 3. The van der Waals surface area contributed by atoms with Crippen molar-refractivity contribution in [2.45, 2.75) is 44.3 Å². The minimum atomic E-state index is -0.862. The minimum Gasteiger partial charge on any atom is -0.465 e. The molecule has 0 radical (unpaired) electrons. The summed E-state index contributed by atoms with van der Waals surface area (Å²) >= 11 is 0. The zero-order valence-corrected chi connectivity index (χ0v) is 11.9. The van der Waals surface area contributed by atoms with Crippen LogP contribution in [0.1, 0.15) is 38.5 Å². The maximum absolute atomic E-state index is 12.2. The molecular formula is C15H20O5. The molecule has 0 fully saturated rings. The Bertz CT molecular complexity index is 463. The molecule has 2 heterocycles. The second kappa shape index (κ2) is 6.22. The lowest BCUT2D eigenvalue weighted by molar-refractivity contribution is -0.157. The van der Waals surface area contributed by atoms with Gasteiger partial charge in [0.2, 0.25) is 5.79 Å². The van der Waals surface area contributed by atoms with E-state index in [4.69, 9.17) is 14.2 Å². The van der Waals surface area contributed by atoms with E-state index in [1.807, 2.05) is 0 Å². The topological polar surface area (TPSA) is 61.8 Å². The van der Waals surface area contributed by atoms with Gasteiger partial charge in [0.1, 0.15) is 11.3 Å². The Morgan fingerprint density at radius 1 is 1.25 bits per heavy atom. The molecule has 5 nitrogen and oxygen atoms in total. The summed E-state index contributed by atoms with van der Waals surface area (Å²) in [5.74, 6) is -1.49. The number of rotatable bonds is 2. The summed E-state index contributed by atoms with van der Waals surface area (Å²) in [5, 5.41) is 0. The number of hydrogen-bond donors (Lipinski definition) is 0. The first-order valence-corrected chi connectivity index (χ1v) is 6.91. The molecule has 0 aliphatic carbocycles. The van der Waals surface area contributed by atoms with Crippen molar-refractivity contribution in [3.63, 3.8) is 0 Å². The zero-order valence-electron chi connectivity index (χ0n) is 11.9. The van der Waals surface area contributed by atoms with Crippen LogP contribution in [0, 0.1) is 0 Å². The van der Waals surface area contributed by atoms with E-state index in [1.54, 1.807) is 19.3 Å². The fourth-order valence-corrected chi connectivity index (χ4v) is 2.53. The Balaban J connectivity index is 2.38. The summed E-state index contributed by atoms with van der Waals surface area (Å²) in [6, 6.07) is 0. The van der Waals surface area contributed by atoms with Crippen molar-refractivity contribution in [2.24, 2.45) is 0 Å². The number of esters is 1. The van der Waals surface area contributed by atoms with Gasteiger partial charge < -0.3 is 14.2 Å². The van der Waals surface area contributed by atoms with Crippen LogP contribution in [0.4, 0.5) is 0 Å². The largest absolute Gasteiger partial charge is 0.465 e. The number of ketones is 1. The maximum atomic E-state index is 12.2. The molecule has 2 aliphatic rings. The van der Waals surface area contributed by atoms with Gasteiger partial charge in [-0.25, -0.2) is 4.79 Å². The molecule has 110 valence electrons. The normalized spacial score (nSPS) is 30.6. The monoisotopic (exact) mass is 280 g/mol. The number of carbonyl (C=O) groups is 2. The van der Waals surface area contributed by atoms with Crippen molar-refractivity contribution in [1.29, 1.82) is 0 Å². The number of hydrogen-bond acceptors (Lipinski definition) is 5. The lowest BCUT2D eigenvalue weighted by Gasteiger charge is -2.26. The molecule has 2 bridgehead atoms. The summed E-state index contributed by atoms with van der Waals surface area (Å²) in [5.41, 5.74) is -0.00965. The fourth-order valence-electron chi connectivity index (χ4n) is 2.53. The Hall–Kier alpha value is -1.62. The molecule has 0 saturated heterocycles. The predicted octanol–water partition coefficient (Wildman–Crippen LogP) is 2.27. The molecule has 0 amide bonds. The number of carbonyl (C=O) groups excluding carboxylic acids is 2. The lowest BCUT2D eigenvalue weighted by atomic mass is 10.0. The molecule has 0 aromatic carbocycles. The third-order valence-corrected chi connectivity index (χ3v) is 3.71. The number of Topliss-reactive ketones (excluding diaryl/α,β-unsaturated/α-hetero) is 1. The van der Waals surface area contributed by atoms with Crippen LogP contribution in [0.5, 0.6) is 0 Å². The van der Waals surface area contributed by atoms with Gasteiger partial charge in [-0.2, -0.15) is 0 Å². The average Bonchev–Trinajstić information content (AvgIpc) is 2.85. The SMILES string of the molecule is COC(=O)/C1=C2\C=C[C@@](OC)(CCCCCCC1=O)O2. The van der Waals surface area contributed by atoms with E-state index >= 15 is 0 Å². The molecule has 5 heteroatoms. The summed E-state index contributed by atoms with van der Waals surface area (Å²) in [6.45, 7) is 0. The highest BCUT2D eigenvalue weighted by Gasteiger charge is 2.37. The Morgan fingerprint density at radius 3 is 2.70 bits per heavy atom. The quantitative estimate of drug-likeness (QED) is 0.573. The first-order valence-electron chi connectivity index (χ1n) is 6.91. The zero-order chi connectivity index (χ0) is 14.6. The van der Waals surface area contributed by atoms with Gasteiger partial charge in [0, 0.05) is 20.0 Å². The van der Waals surface area contributed by atoms with E-state index in [2.05, 4.69) is 0 Å². The second-order valence-corrected chi connectivity index (χ2v) is 5.02. The van der Waals surface area contributed by atoms with Gasteiger partial charge in [0.15, 0.2) is 5.78 Å². The second-order valence-electron chi connectivity index (χ2n) is 5.02. The molecule has 20 heavy (non-hydrogen) atoms. The number of allylic oxidation sites excluding steroid dienone is 1. The van der Waals surface area contributed by atoms with Crippen LogP contribution in [0.15, 0.2) is 23.5 Å². The minimum absolute atomic E-state index is 0.00965. The van der Waals surface area contributed by atoms with Crippen molar-refractivity contribution < 1.29 is 23.8 Å². The molecule has 0 saturated carbocycles. The van der Waals surface area contributed by atoms with E-state index in [0.717, 1.165) is 25.7 Å². The third kappa shape index (κ3) is 2.93. The van der Waals surface area contributed by atoms with Crippen molar-refractivity contribution in [2.75, 3.05) is 14.2 Å². The smallest absolute Gasteiger partial charge is 0.345 e. The van der Waals surface area contributed by atoms with Crippen LogP contribution >= 0.6 is 0 Å². The molecule has 0 aromatic heterocycles. The first-order chi connectivity index (χ1) is 9.62. The Labute approximate surface area is 118 Å². The van der Waals surface area contributed by atoms with Gasteiger partial charge in [-0.15, -0.1) is 0 Å². The predicted molar refractivity (Wildman–Crippen MR) is 71.7 cm³/mol. The highest BCUT2D eigenvalue weighted by atomic mass is 16.7. The number of methoxy groups -OCH3 is 2. The van der Waals surface area contributed by atoms with Crippen molar-refractivity contribution in [3.05, 3.63) is 23.5 Å². The average molecular weight is 280 g/mol. The standard InChI is InChI=1S/C15H20O5/c1-18-14(17)13-11(16)7-5-3-4-6-9-15(19-2)10-8-12(13)20-15/h8,10H,3-7,9H2,1-2H3/b13-12+/t15-/m1/s1. The van der Waals surface area contributed by atoms with Gasteiger partial charge in [-0.05, 0) is 25.0 Å². The van der Waals surface area contributed by atoms with E-state index in [0.29, 0.717) is 12.8 Å². The Morgan fingerprint density at radius 2 is 2.00 bits per heavy atom. The van der Waals surface area contributed by atoms with Crippen molar-refractivity contribution in [1.82, 2.24) is 0 Å². The first kappa shape index (κ1) is 14.8. The van der Waals surface area contributed by atoms with Crippen LogP contribution < -0.4 is 0 Å². The van der Waals surface area contributed by atoms with Gasteiger partial charge in [0.25, 0.3) is 0 Å². The highest BCUT2D eigenvalue weighted by molar-refractivity contribution is 6.18. The molecule has 1 atom stereocenters. The molecule has 0 aromatic rings. The van der Waals surface area contributed by atoms with Gasteiger partial charge in [-0.3, -0.25) is 4.79 Å². The van der Waals surface area contributed by atoms with E-state index < -0.39 is 11.8 Å². The van der Waals surface area contributed by atoms with E-state index in [1.165, 1.54) is 7.11 Å². The molecule has 0 N–H and O–H groups in total. The van der Waals surface area contributed by atoms with Gasteiger partial charge in [0.05, 0.1) is 7.11 Å². The van der Waals surface area contributed by atoms with Crippen LogP contribution in [-0.2, 0) is 23.8 Å². The molecule has 0 spiro atoms. The summed E-state index contributed by atoms with van der Waals surface area (Å²) in [6.07, 6.45) is 8.13. The molecule has 2 rings (SSSR count). The fraction of sp³-hybridized carbons (Fsp3) is 0.600. The van der Waals surface area contributed by atoms with Crippen molar-refractivity contribution >= 4 is 11.8 Å². The van der Waals surface area contributed by atoms with Gasteiger partial charge in [-0.1, -0.05) is 12.8 Å². The molecule has 2 aliphatic heterocycles. The highest BCUT2D eigenvalue weighted by Crippen LogP contribution is 2.34. The summed E-state index contributed by atoms with van der Waals surface area (Å²) < 4.78 is 15.9. The summed E-state index contributed by atoms with van der Waals surface area (Å²) in [7, 11) is 2.82. The van der Waals surface area contributed by atoms with E-state index in [-0.39, 0.29) is 17.1 Å². The van der Waals surface area contributed by atoms with Gasteiger partial charge >= 0.3 is 5.97 Å². The molecule has 0 unspecified atom stereocenters. The third-order valence-electron chi connectivity index (χ3n) is 3.71. The van der Waals surface area contributed by atoms with Crippen molar-refractivity contribution in [3.8, 4) is 0 Å². The lowest BCUT2D eigenvalue weighted by Crippen LogP contribution is -2.29. The maximum Gasteiger partial charge on any atom is 0.345 e. The van der Waals surface area contributed by atoms with Crippen LogP contribution in [0.3, 0.4) is 0 Å². The van der Waals surface area contributed by atoms with E-state index in [9.17, 15) is 9.59 Å².